The number of rotatable bonds is 6. The van der Waals surface area contributed by atoms with Gasteiger partial charge in [0, 0.05) is 23.8 Å². The van der Waals surface area contributed by atoms with Crippen molar-refractivity contribution in [2.24, 2.45) is 5.92 Å². The third-order valence-electron chi connectivity index (χ3n) is 3.17. The van der Waals surface area contributed by atoms with Gasteiger partial charge in [-0.05, 0) is 18.6 Å². The molecule has 0 fully saturated rings. The molecule has 1 aromatic heterocycles. The van der Waals surface area contributed by atoms with Gasteiger partial charge in [-0.2, -0.15) is 0 Å². The normalized spacial score (nSPS) is 12.3. The molecule has 1 unspecified atom stereocenters. The van der Waals surface area contributed by atoms with E-state index in [-0.39, 0.29) is 5.92 Å². The Morgan fingerprint density at radius 2 is 2.16 bits per heavy atom. The highest BCUT2D eigenvalue weighted by atomic mass is 16.4. The summed E-state index contributed by atoms with van der Waals surface area (Å²) >= 11 is 0. The number of benzene rings is 1. The number of aliphatic carboxylic acids is 1. The SMILES string of the molecule is CCCC(CNc1ccnc2ccccc12)C(=O)O. The number of pyridine rings is 1. The lowest BCUT2D eigenvalue weighted by Gasteiger charge is -2.14. The van der Waals surface area contributed by atoms with E-state index in [1.54, 1.807) is 6.20 Å². The average molecular weight is 258 g/mol. The van der Waals surface area contributed by atoms with Gasteiger partial charge in [0.1, 0.15) is 0 Å². The number of fused-ring (bicyclic) bond motifs is 1. The predicted octanol–water partition coefficient (Wildman–Crippen LogP) is 3.15. The number of para-hydroxylation sites is 1. The predicted molar refractivity (Wildman–Crippen MR) is 76.3 cm³/mol. The number of nitrogens with one attached hydrogen (secondary N) is 1. The van der Waals surface area contributed by atoms with Gasteiger partial charge in [-0.25, -0.2) is 0 Å². The van der Waals surface area contributed by atoms with E-state index in [1.807, 2.05) is 37.3 Å². The Bertz CT molecular complexity index is 564. The average Bonchev–Trinajstić information content (AvgIpc) is 2.43. The summed E-state index contributed by atoms with van der Waals surface area (Å²) in [5.74, 6) is -1.09. The summed E-state index contributed by atoms with van der Waals surface area (Å²) in [6.45, 7) is 2.44. The number of nitrogens with zero attached hydrogens (tertiary/aromatic N) is 1. The number of hydrogen-bond donors (Lipinski definition) is 2. The quantitative estimate of drug-likeness (QED) is 0.835. The van der Waals surface area contributed by atoms with Gasteiger partial charge in [-0.15, -0.1) is 0 Å². The molecule has 0 saturated carbocycles. The Morgan fingerprint density at radius 1 is 1.37 bits per heavy atom. The van der Waals surface area contributed by atoms with Crippen molar-refractivity contribution in [1.82, 2.24) is 4.98 Å². The van der Waals surface area contributed by atoms with E-state index in [1.165, 1.54) is 0 Å². The number of hydrogen-bond acceptors (Lipinski definition) is 3. The van der Waals surface area contributed by atoms with Gasteiger partial charge in [0.05, 0.1) is 11.4 Å². The monoisotopic (exact) mass is 258 g/mol. The van der Waals surface area contributed by atoms with E-state index >= 15 is 0 Å². The Morgan fingerprint density at radius 3 is 2.89 bits per heavy atom. The van der Waals surface area contributed by atoms with Crippen LogP contribution in [0.25, 0.3) is 10.9 Å². The minimum Gasteiger partial charge on any atom is -0.481 e. The fourth-order valence-electron chi connectivity index (χ4n) is 2.14. The Balaban J connectivity index is 2.15. The Kier molecular flexibility index (Phi) is 4.34. The zero-order valence-electron chi connectivity index (χ0n) is 11.0. The molecule has 0 saturated heterocycles. The molecule has 0 aliphatic heterocycles. The molecule has 1 heterocycles. The fourth-order valence-corrected chi connectivity index (χ4v) is 2.14. The summed E-state index contributed by atoms with van der Waals surface area (Å²) in [5, 5.41) is 13.4. The molecule has 0 bridgehead atoms. The lowest BCUT2D eigenvalue weighted by molar-refractivity contribution is -0.141. The maximum absolute atomic E-state index is 11.1. The number of anilines is 1. The van der Waals surface area contributed by atoms with Crippen LogP contribution in [-0.4, -0.2) is 22.6 Å². The van der Waals surface area contributed by atoms with E-state index in [2.05, 4.69) is 10.3 Å². The van der Waals surface area contributed by atoms with Gasteiger partial charge < -0.3 is 10.4 Å². The first-order valence-electron chi connectivity index (χ1n) is 6.52. The van der Waals surface area contributed by atoms with Crippen LogP contribution in [0.3, 0.4) is 0 Å². The van der Waals surface area contributed by atoms with Crippen molar-refractivity contribution in [1.29, 1.82) is 0 Å². The zero-order chi connectivity index (χ0) is 13.7. The Labute approximate surface area is 112 Å². The third kappa shape index (κ3) is 3.22. The minimum absolute atomic E-state index is 0.350. The smallest absolute Gasteiger partial charge is 0.308 e. The zero-order valence-corrected chi connectivity index (χ0v) is 11.0. The molecule has 2 aromatic rings. The van der Waals surface area contributed by atoms with E-state index in [9.17, 15) is 4.79 Å². The van der Waals surface area contributed by atoms with Gasteiger partial charge in [0.25, 0.3) is 0 Å². The molecule has 1 aromatic carbocycles. The number of carboxylic acids is 1. The molecular formula is C15H18N2O2. The van der Waals surface area contributed by atoms with Crippen LogP contribution in [0.2, 0.25) is 0 Å². The molecule has 100 valence electrons. The maximum atomic E-state index is 11.1. The van der Waals surface area contributed by atoms with Gasteiger partial charge in [0.15, 0.2) is 0 Å². The lowest BCUT2D eigenvalue weighted by atomic mass is 10.0. The molecule has 1 atom stereocenters. The van der Waals surface area contributed by atoms with Crippen LogP contribution in [0.1, 0.15) is 19.8 Å². The van der Waals surface area contributed by atoms with Crippen LogP contribution in [-0.2, 0) is 4.79 Å². The van der Waals surface area contributed by atoms with Gasteiger partial charge in [-0.1, -0.05) is 31.5 Å². The Hall–Kier alpha value is -2.10. The van der Waals surface area contributed by atoms with E-state index in [0.717, 1.165) is 23.0 Å². The molecule has 0 radical (unpaired) electrons. The molecule has 2 N–H and O–H groups in total. The first-order chi connectivity index (χ1) is 9.22. The molecule has 0 amide bonds. The third-order valence-corrected chi connectivity index (χ3v) is 3.17. The largest absolute Gasteiger partial charge is 0.481 e. The summed E-state index contributed by atoms with van der Waals surface area (Å²) in [6.07, 6.45) is 3.29. The van der Waals surface area contributed by atoms with Crippen LogP contribution in [0.4, 0.5) is 5.69 Å². The number of carboxylic acid groups (broad SMARTS) is 1. The first-order valence-corrected chi connectivity index (χ1v) is 6.52. The fraction of sp³-hybridized carbons (Fsp3) is 0.333. The molecule has 19 heavy (non-hydrogen) atoms. The van der Waals surface area contributed by atoms with Crippen LogP contribution in [0, 0.1) is 5.92 Å². The summed E-state index contributed by atoms with van der Waals surface area (Å²) in [5.41, 5.74) is 1.85. The summed E-state index contributed by atoms with van der Waals surface area (Å²) in [6, 6.07) is 9.71. The summed E-state index contributed by atoms with van der Waals surface area (Å²) < 4.78 is 0. The van der Waals surface area contributed by atoms with E-state index < -0.39 is 5.97 Å². The van der Waals surface area contributed by atoms with E-state index in [4.69, 9.17) is 5.11 Å². The maximum Gasteiger partial charge on any atom is 0.308 e. The van der Waals surface area contributed by atoms with Crippen molar-refractivity contribution in [3.05, 3.63) is 36.5 Å². The number of carbonyl (C=O) groups is 1. The van der Waals surface area contributed by atoms with Crippen molar-refractivity contribution in [3.63, 3.8) is 0 Å². The van der Waals surface area contributed by atoms with Crippen LogP contribution < -0.4 is 5.32 Å². The molecule has 4 nitrogen and oxygen atoms in total. The molecule has 4 heteroatoms. The van der Waals surface area contributed by atoms with Crippen molar-refractivity contribution >= 4 is 22.6 Å². The van der Waals surface area contributed by atoms with Gasteiger partial charge in [-0.3, -0.25) is 9.78 Å². The second-order valence-corrected chi connectivity index (χ2v) is 4.58. The lowest BCUT2D eigenvalue weighted by Crippen LogP contribution is -2.22. The first kappa shape index (κ1) is 13.3. The van der Waals surface area contributed by atoms with Crippen molar-refractivity contribution < 1.29 is 9.90 Å². The second-order valence-electron chi connectivity index (χ2n) is 4.58. The van der Waals surface area contributed by atoms with Gasteiger partial charge in [0.2, 0.25) is 0 Å². The van der Waals surface area contributed by atoms with Crippen LogP contribution >= 0.6 is 0 Å². The highest BCUT2D eigenvalue weighted by Gasteiger charge is 2.16. The molecule has 0 aliphatic carbocycles. The second kappa shape index (κ2) is 6.18. The minimum atomic E-state index is -0.743. The van der Waals surface area contributed by atoms with Crippen LogP contribution in [0.5, 0.6) is 0 Å². The van der Waals surface area contributed by atoms with E-state index in [0.29, 0.717) is 13.0 Å². The molecule has 0 aliphatic rings. The standard InChI is InChI=1S/C15H18N2O2/c1-2-5-11(15(18)19)10-17-14-8-9-16-13-7-4-3-6-12(13)14/h3-4,6-9,11H,2,5,10H2,1H3,(H,16,17)(H,18,19). The molecule has 2 rings (SSSR count). The van der Waals surface area contributed by atoms with Crippen molar-refractivity contribution in [3.8, 4) is 0 Å². The summed E-state index contributed by atoms with van der Waals surface area (Å²) in [4.78, 5) is 15.4. The topological polar surface area (TPSA) is 62.2 Å². The highest BCUT2D eigenvalue weighted by Crippen LogP contribution is 2.21. The highest BCUT2D eigenvalue weighted by molar-refractivity contribution is 5.91. The van der Waals surface area contributed by atoms with Gasteiger partial charge >= 0.3 is 5.97 Å². The van der Waals surface area contributed by atoms with Crippen molar-refractivity contribution in [2.75, 3.05) is 11.9 Å². The number of aromatic nitrogens is 1. The summed E-state index contributed by atoms with van der Waals surface area (Å²) in [7, 11) is 0. The molecule has 0 spiro atoms. The van der Waals surface area contributed by atoms with Crippen LogP contribution in [0.15, 0.2) is 36.5 Å². The van der Waals surface area contributed by atoms with Crippen molar-refractivity contribution in [2.45, 2.75) is 19.8 Å². The molecular weight excluding hydrogens is 240 g/mol.